The molecule has 4 nitrogen and oxygen atoms in total. The van der Waals surface area contributed by atoms with Gasteiger partial charge in [-0.25, -0.2) is 0 Å². The molecule has 98 valence electrons. The second-order valence-electron chi connectivity index (χ2n) is 4.63. The summed E-state index contributed by atoms with van der Waals surface area (Å²) in [5, 5.41) is 6.28. The summed E-state index contributed by atoms with van der Waals surface area (Å²) >= 11 is 0. The van der Waals surface area contributed by atoms with E-state index in [0.717, 1.165) is 31.8 Å². The van der Waals surface area contributed by atoms with E-state index in [1.165, 1.54) is 6.42 Å². The summed E-state index contributed by atoms with van der Waals surface area (Å²) in [6.45, 7) is 2.94. The molecule has 0 aromatic heterocycles. The van der Waals surface area contributed by atoms with Gasteiger partial charge in [-0.3, -0.25) is 4.79 Å². The number of nitrogens with one attached hydrogen (secondary N) is 2. The van der Waals surface area contributed by atoms with E-state index in [2.05, 4.69) is 10.6 Å². The Morgan fingerprint density at radius 2 is 2.22 bits per heavy atom. The molecule has 4 heteroatoms. The van der Waals surface area contributed by atoms with Gasteiger partial charge in [-0.1, -0.05) is 0 Å². The maximum absolute atomic E-state index is 11.9. The number of hydrogen-bond acceptors (Lipinski definition) is 3. The molecule has 1 unspecified atom stereocenters. The van der Waals surface area contributed by atoms with Crippen LogP contribution in [0.3, 0.4) is 0 Å². The standard InChI is InChI=1S/C14H20N2O2/c1-18-13-4-2-12(3-5-13)14(17)16-9-7-11-6-8-15-10-11/h2-5,11,15H,6-10H2,1H3,(H,16,17). The largest absolute Gasteiger partial charge is 0.497 e. The molecule has 0 spiro atoms. The highest BCUT2D eigenvalue weighted by Gasteiger charge is 2.14. The van der Waals surface area contributed by atoms with Gasteiger partial charge >= 0.3 is 0 Å². The Morgan fingerprint density at radius 1 is 1.44 bits per heavy atom. The molecule has 2 N–H and O–H groups in total. The Bertz CT molecular complexity index is 383. The number of carbonyl (C=O) groups excluding carboxylic acids is 1. The third-order valence-corrected chi connectivity index (χ3v) is 3.35. The van der Waals surface area contributed by atoms with Crippen LogP contribution < -0.4 is 15.4 Å². The molecular weight excluding hydrogens is 228 g/mol. The second-order valence-corrected chi connectivity index (χ2v) is 4.63. The number of carbonyl (C=O) groups is 1. The molecule has 1 heterocycles. The van der Waals surface area contributed by atoms with Crippen molar-refractivity contribution >= 4 is 5.91 Å². The zero-order chi connectivity index (χ0) is 12.8. The summed E-state index contributed by atoms with van der Waals surface area (Å²) < 4.78 is 5.06. The highest BCUT2D eigenvalue weighted by molar-refractivity contribution is 5.94. The van der Waals surface area contributed by atoms with Crippen molar-refractivity contribution in [2.45, 2.75) is 12.8 Å². The van der Waals surface area contributed by atoms with Gasteiger partial charge in [-0.15, -0.1) is 0 Å². The summed E-state index contributed by atoms with van der Waals surface area (Å²) in [5.41, 5.74) is 0.681. The SMILES string of the molecule is COc1ccc(C(=O)NCCC2CCNC2)cc1. The average molecular weight is 248 g/mol. The van der Waals surface area contributed by atoms with Crippen LogP contribution in [0, 0.1) is 5.92 Å². The van der Waals surface area contributed by atoms with E-state index in [1.54, 1.807) is 31.4 Å². The van der Waals surface area contributed by atoms with Gasteiger partial charge in [0.15, 0.2) is 0 Å². The van der Waals surface area contributed by atoms with Crippen molar-refractivity contribution in [3.05, 3.63) is 29.8 Å². The lowest BCUT2D eigenvalue weighted by Gasteiger charge is -2.09. The maximum Gasteiger partial charge on any atom is 0.251 e. The van der Waals surface area contributed by atoms with Gasteiger partial charge in [0.25, 0.3) is 5.91 Å². The molecule has 1 aliphatic rings. The highest BCUT2D eigenvalue weighted by Crippen LogP contribution is 2.12. The van der Waals surface area contributed by atoms with Crippen molar-refractivity contribution < 1.29 is 9.53 Å². The van der Waals surface area contributed by atoms with Gasteiger partial charge in [-0.2, -0.15) is 0 Å². The third-order valence-electron chi connectivity index (χ3n) is 3.35. The summed E-state index contributed by atoms with van der Waals surface area (Å²) in [6, 6.07) is 7.17. The molecule has 0 radical (unpaired) electrons. The predicted octanol–water partition coefficient (Wildman–Crippen LogP) is 1.42. The lowest BCUT2D eigenvalue weighted by Crippen LogP contribution is -2.26. The van der Waals surface area contributed by atoms with Crippen molar-refractivity contribution in [3.8, 4) is 5.75 Å². The van der Waals surface area contributed by atoms with E-state index in [9.17, 15) is 4.79 Å². The molecule has 0 bridgehead atoms. The van der Waals surface area contributed by atoms with Crippen molar-refractivity contribution in [3.63, 3.8) is 0 Å². The van der Waals surface area contributed by atoms with Crippen molar-refractivity contribution in [1.29, 1.82) is 0 Å². The minimum absolute atomic E-state index is 0.0105. The van der Waals surface area contributed by atoms with Crippen molar-refractivity contribution in [2.24, 2.45) is 5.92 Å². The Labute approximate surface area is 108 Å². The fourth-order valence-corrected chi connectivity index (χ4v) is 2.20. The first-order valence-corrected chi connectivity index (χ1v) is 6.42. The van der Waals surface area contributed by atoms with Crippen LogP contribution in [0.15, 0.2) is 24.3 Å². The number of benzene rings is 1. The molecule has 1 aromatic rings. The van der Waals surface area contributed by atoms with E-state index in [0.29, 0.717) is 11.5 Å². The second kappa shape index (κ2) is 6.40. The Kier molecular flexibility index (Phi) is 4.59. The van der Waals surface area contributed by atoms with Gasteiger partial charge in [0.1, 0.15) is 5.75 Å². The first kappa shape index (κ1) is 12.9. The van der Waals surface area contributed by atoms with Crippen molar-refractivity contribution in [1.82, 2.24) is 10.6 Å². The summed E-state index contributed by atoms with van der Waals surface area (Å²) in [7, 11) is 1.62. The van der Waals surface area contributed by atoms with E-state index >= 15 is 0 Å². The van der Waals surface area contributed by atoms with Crippen molar-refractivity contribution in [2.75, 3.05) is 26.7 Å². The van der Waals surface area contributed by atoms with E-state index in [-0.39, 0.29) is 5.91 Å². The number of rotatable bonds is 5. The highest BCUT2D eigenvalue weighted by atomic mass is 16.5. The Balaban J connectivity index is 1.76. The summed E-state index contributed by atoms with van der Waals surface area (Å²) in [5.74, 6) is 1.47. The van der Waals surface area contributed by atoms with Gasteiger partial charge in [0.05, 0.1) is 7.11 Å². The molecule has 2 rings (SSSR count). The predicted molar refractivity (Wildman–Crippen MR) is 70.9 cm³/mol. The lowest BCUT2D eigenvalue weighted by atomic mass is 10.1. The normalized spacial score (nSPS) is 18.6. The van der Waals surface area contributed by atoms with Crippen LogP contribution in [0.5, 0.6) is 5.75 Å². The zero-order valence-corrected chi connectivity index (χ0v) is 10.7. The van der Waals surface area contributed by atoms with Gasteiger partial charge in [0, 0.05) is 12.1 Å². The van der Waals surface area contributed by atoms with Crippen LogP contribution in [0.1, 0.15) is 23.2 Å². The molecule has 1 saturated heterocycles. The number of ether oxygens (including phenoxy) is 1. The number of methoxy groups -OCH3 is 1. The molecule has 18 heavy (non-hydrogen) atoms. The van der Waals surface area contributed by atoms with Crippen LogP contribution in [0.4, 0.5) is 0 Å². The van der Waals surface area contributed by atoms with E-state index in [4.69, 9.17) is 4.74 Å². The van der Waals surface area contributed by atoms with Gasteiger partial charge < -0.3 is 15.4 Å². The summed E-state index contributed by atoms with van der Waals surface area (Å²) in [4.78, 5) is 11.9. The Morgan fingerprint density at radius 3 is 2.83 bits per heavy atom. The smallest absolute Gasteiger partial charge is 0.251 e. The number of hydrogen-bond donors (Lipinski definition) is 2. The quantitative estimate of drug-likeness (QED) is 0.828. The molecule has 1 amide bonds. The molecule has 1 aromatic carbocycles. The van der Waals surface area contributed by atoms with Crippen LogP contribution in [-0.4, -0.2) is 32.7 Å². The van der Waals surface area contributed by atoms with Crippen LogP contribution >= 0.6 is 0 Å². The van der Waals surface area contributed by atoms with Gasteiger partial charge in [-0.05, 0) is 56.1 Å². The molecule has 1 aliphatic heterocycles. The minimum Gasteiger partial charge on any atom is -0.497 e. The first-order chi connectivity index (χ1) is 8.79. The van der Waals surface area contributed by atoms with Crippen LogP contribution in [0.25, 0.3) is 0 Å². The fraction of sp³-hybridized carbons (Fsp3) is 0.500. The average Bonchev–Trinajstić information content (AvgIpc) is 2.92. The molecule has 0 saturated carbocycles. The first-order valence-electron chi connectivity index (χ1n) is 6.42. The van der Waals surface area contributed by atoms with Crippen LogP contribution in [0.2, 0.25) is 0 Å². The van der Waals surface area contributed by atoms with Crippen LogP contribution in [-0.2, 0) is 0 Å². The monoisotopic (exact) mass is 248 g/mol. The Hall–Kier alpha value is -1.55. The molecule has 1 atom stereocenters. The van der Waals surface area contributed by atoms with E-state index < -0.39 is 0 Å². The summed E-state index contributed by atoms with van der Waals surface area (Å²) in [6.07, 6.45) is 2.27. The minimum atomic E-state index is -0.0105. The fourth-order valence-electron chi connectivity index (χ4n) is 2.20. The zero-order valence-electron chi connectivity index (χ0n) is 10.7. The third kappa shape index (κ3) is 3.47. The topological polar surface area (TPSA) is 50.4 Å². The molecule has 0 aliphatic carbocycles. The van der Waals surface area contributed by atoms with E-state index in [1.807, 2.05) is 0 Å². The maximum atomic E-state index is 11.9. The molecule has 1 fully saturated rings. The lowest BCUT2D eigenvalue weighted by molar-refractivity contribution is 0.0951. The van der Waals surface area contributed by atoms with Gasteiger partial charge in [0.2, 0.25) is 0 Å². The molecular formula is C14H20N2O2. The number of amides is 1.